The van der Waals surface area contributed by atoms with E-state index in [0.717, 1.165) is 25.9 Å². The van der Waals surface area contributed by atoms with Crippen LogP contribution in [0.15, 0.2) is 0 Å². The Balaban J connectivity index is 2.21. The van der Waals surface area contributed by atoms with Gasteiger partial charge in [0, 0.05) is 12.6 Å². The van der Waals surface area contributed by atoms with Gasteiger partial charge in [-0.25, -0.2) is 0 Å². The maximum absolute atomic E-state index is 11.5. The first-order chi connectivity index (χ1) is 7.77. The highest BCUT2D eigenvalue weighted by molar-refractivity contribution is 5.71. The van der Waals surface area contributed by atoms with Crippen LogP contribution in [0.1, 0.15) is 32.6 Å². The van der Waals surface area contributed by atoms with E-state index in [2.05, 4.69) is 17.1 Å². The molecule has 1 unspecified atom stereocenters. The SMILES string of the molecule is CCCCOC(=O)CN1CCCC1CNC. The number of hydrogen-bond acceptors (Lipinski definition) is 4. The van der Waals surface area contributed by atoms with Crippen molar-refractivity contribution >= 4 is 5.97 Å². The first-order valence-electron chi connectivity index (χ1n) is 6.32. The minimum atomic E-state index is -0.0727. The molecule has 0 aromatic carbocycles. The molecule has 0 aromatic heterocycles. The van der Waals surface area contributed by atoms with Crippen molar-refractivity contribution in [3.05, 3.63) is 0 Å². The standard InChI is InChI=1S/C12H24N2O2/c1-3-4-8-16-12(15)10-14-7-5-6-11(14)9-13-2/h11,13H,3-10H2,1-2H3. The molecular weight excluding hydrogens is 204 g/mol. The minimum Gasteiger partial charge on any atom is -0.465 e. The first-order valence-corrected chi connectivity index (χ1v) is 6.32. The van der Waals surface area contributed by atoms with Crippen LogP contribution in [0.25, 0.3) is 0 Å². The molecule has 16 heavy (non-hydrogen) atoms. The highest BCUT2D eigenvalue weighted by Gasteiger charge is 2.25. The van der Waals surface area contributed by atoms with Crippen molar-refractivity contribution in [1.82, 2.24) is 10.2 Å². The van der Waals surface area contributed by atoms with E-state index in [-0.39, 0.29) is 5.97 Å². The predicted molar refractivity (Wildman–Crippen MR) is 64.4 cm³/mol. The Labute approximate surface area is 98.3 Å². The van der Waals surface area contributed by atoms with E-state index in [9.17, 15) is 4.79 Å². The van der Waals surface area contributed by atoms with Crippen LogP contribution in [-0.2, 0) is 9.53 Å². The maximum atomic E-state index is 11.5. The zero-order chi connectivity index (χ0) is 11.8. The van der Waals surface area contributed by atoms with E-state index in [1.165, 1.54) is 12.8 Å². The second-order valence-corrected chi connectivity index (χ2v) is 4.40. The fourth-order valence-electron chi connectivity index (χ4n) is 2.11. The third-order valence-electron chi connectivity index (χ3n) is 3.03. The zero-order valence-electron chi connectivity index (χ0n) is 10.5. The molecule has 1 N–H and O–H groups in total. The molecule has 1 saturated heterocycles. The van der Waals surface area contributed by atoms with Gasteiger partial charge in [-0.2, -0.15) is 0 Å². The molecule has 0 aliphatic carbocycles. The molecule has 94 valence electrons. The average Bonchev–Trinajstić information content (AvgIpc) is 2.67. The summed E-state index contributed by atoms with van der Waals surface area (Å²) in [5.41, 5.74) is 0. The third kappa shape index (κ3) is 4.49. The molecule has 4 nitrogen and oxygen atoms in total. The quantitative estimate of drug-likeness (QED) is 0.522. The van der Waals surface area contributed by atoms with Gasteiger partial charge in [0.15, 0.2) is 0 Å². The van der Waals surface area contributed by atoms with E-state index in [4.69, 9.17) is 4.74 Å². The summed E-state index contributed by atoms with van der Waals surface area (Å²) in [4.78, 5) is 13.8. The van der Waals surface area contributed by atoms with E-state index in [1.807, 2.05) is 7.05 Å². The number of hydrogen-bond donors (Lipinski definition) is 1. The van der Waals surface area contributed by atoms with Crippen molar-refractivity contribution in [2.24, 2.45) is 0 Å². The van der Waals surface area contributed by atoms with Crippen molar-refractivity contribution in [3.63, 3.8) is 0 Å². The lowest BCUT2D eigenvalue weighted by Crippen LogP contribution is -2.40. The van der Waals surface area contributed by atoms with Crippen molar-refractivity contribution in [3.8, 4) is 0 Å². The van der Waals surface area contributed by atoms with Gasteiger partial charge in [0.1, 0.15) is 0 Å². The molecule has 0 radical (unpaired) electrons. The fourth-order valence-corrected chi connectivity index (χ4v) is 2.11. The Bertz CT molecular complexity index is 209. The summed E-state index contributed by atoms with van der Waals surface area (Å²) in [6.45, 7) is 5.10. The molecule has 0 saturated carbocycles. The first kappa shape index (κ1) is 13.5. The highest BCUT2D eigenvalue weighted by atomic mass is 16.5. The van der Waals surface area contributed by atoms with Gasteiger partial charge in [-0.3, -0.25) is 9.69 Å². The van der Waals surface area contributed by atoms with Crippen molar-refractivity contribution < 1.29 is 9.53 Å². The van der Waals surface area contributed by atoms with Gasteiger partial charge in [-0.15, -0.1) is 0 Å². The van der Waals surface area contributed by atoms with Crippen LogP contribution >= 0.6 is 0 Å². The van der Waals surface area contributed by atoms with Crippen molar-refractivity contribution in [2.75, 3.05) is 33.3 Å². The summed E-state index contributed by atoms with van der Waals surface area (Å²) < 4.78 is 5.17. The van der Waals surface area contributed by atoms with Crippen molar-refractivity contribution in [2.45, 2.75) is 38.6 Å². The fraction of sp³-hybridized carbons (Fsp3) is 0.917. The second kappa shape index (κ2) is 7.63. The normalized spacial score (nSPS) is 21.2. The number of rotatable bonds is 7. The summed E-state index contributed by atoms with van der Waals surface area (Å²) in [7, 11) is 1.95. The monoisotopic (exact) mass is 228 g/mol. The molecule has 0 amide bonds. The highest BCUT2D eigenvalue weighted by Crippen LogP contribution is 2.15. The van der Waals surface area contributed by atoms with Gasteiger partial charge in [0.2, 0.25) is 0 Å². The number of carbonyl (C=O) groups is 1. The predicted octanol–water partition coefficient (Wildman–Crippen LogP) is 1.01. The van der Waals surface area contributed by atoms with E-state index < -0.39 is 0 Å². The smallest absolute Gasteiger partial charge is 0.320 e. The Morgan fingerprint density at radius 1 is 1.56 bits per heavy atom. The Kier molecular flexibility index (Phi) is 6.42. The number of likely N-dealkylation sites (N-methyl/N-ethyl adjacent to an activating group) is 1. The minimum absolute atomic E-state index is 0.0727. The van der Waals surface area contributed by atoms with Gasteiger partial charge < -0.3 is 10.1 Å². The topological polar surface area (TPSA) is 41.6 Å². The van der Waals surface area contributed by atoms with E-state index in [1.54, 1.807) is 0 Å². The van der Waals surface area contributed by atoms with Crippen LogP contribution < -0.4 is 5.32 Å². The lowest BCUT2D eigenvalue weighted by molar-refractivity contribution is -0.145. The van der Waals surface area contributed by atoms with Gasteiger partial charge in [0.05, 0.1) is 13.2 Å². The zero-order valence-corrected chi connectivity index (χ0v) is 10.5. The summed E-state index contributed by atoms with van der Waals surface area (Å²) >= 11 is 0. The molecule has 1 aliphatic rings. The summed E-state index contributed by atoms with van der Waals surface area (Å²) in [6.07, 6.45) is 4.41. The Hall–Kier alpha value is -0.610. The van der Waals surface area contributed by atoms with Gasteiger partial charge in [0.25, 0.3) is 0 Å². The molecule has 0 bridgehead atoms. The van der Waals surface area contributed by atoms with Crippen LogP contribution in [0.4, 0.5) is 0 Å². The van der Waals surface area contributed by atoms with Crippen LogP contribution in [-0.4, -0.2) is 50.2 Å². The second-order valence-electron chi connectivity index (χ2n) is 4.40. The Morgan fingerprint density at radius 3 is 3.06 bits per heavy atom. The number of nitrogens with one attached hydrogen (secondary N) is 1. The molecule has 1 heterocycles. The van der Waals surface area contributed by atoms with Crippen LogP contribution in [0.3, 0.4) is 0 Å². The number of nitrogens with zero attached hydrogens (tertiary/aromatic N) is 1. The molecule has 0 spiro atoms. The van der Waals surface area contributed by atoms with Gasteiger partial charge in [-0.05, 0) is 32.9 Å². The number of esters is 1. The molecule has 4 heteroatoms. The lowest BCUT2D eigenvalue weighted by atomic mass is 10.2. The summed E-state index contributed by atoms with van der Waals surface area (Å²) in [5, 5.41) is 3.17. The van der Waals surface area contributed by atoms with E-state index in [0.29, 0.717) is 19.2 Å². The summed E-state index contributed by atoms with van der Waals surface area (Å²) in [6, 6.07) is 0.503. The number of likely N-dealkylation sites (tertiary alicyclic amines) is 1. The van der Waals surface area contributed by atoms with E-state index >= 15 is 0 Å². The molecule has 1 rings (SSSR count). The lowest BCUT2D eigenvalue weighted by Gasteiger charge is -2.22. The van der Waals surface area contributed by atoms with Crippen LogP contribution in [0.5, 0.6) is 0 Å². The number of unbranched alkanes of at least 4 members (excludes halogenated alkanes) is 1. The van der Waals surface area contributed by atoms with Gasteiger partial charge in [-0.1, -0.05) is 13.3 Å². The van der Waals surface area contributed by atoms with Crippen LogP contribution in [0.2, 0.25) is 0 Å². The largest absolute Gasteiger partial charge is 0.465 e. The van der Waals surface area contributed by atoms with Crippen LogP contribution in [0, 0.1) is 0 Å². The average molecular weight is 228 g/mol. The summed E-state index contributed by atoms with van der Waals surface area (Å²) in [5.74, 6) is -0.0727. The molecule has 1 aliphatic heterocycles. The molecular formula is C12H24N2O2. The number of carbonyl (C=O) groups excluding carboxylic acids is 1. The molecule has 0 aromatic rings. The van der Waals surface area contributed by atoms with Crippen molar-refractivity contribution in [1.29, 1.82) is 0 Å². The van der Waals surface area contributed by atoms with Gasteiger partial charge >= 0.3 is 5.97 Å². The maximum Gasteiger partial charge on any atom is 0.320 e. The third-order valence-corrected chi connectivity index (χ3v) is 3.03. The molecule has 1 atom stereocenters. The Morgan fingerprint density at radius 2 is 2.38 bits per heavy atom. The number of ether oxygens (including phenoxy) is 1. The molecule has 1 fully saturated rings.